The van der Waals surface area contributed by atoms with Crippen molar-refractivity contribution in [3.05, 3.63) is 29.8 Å². The number of hydrogen-bond acceptors (Lipinski definition) is 4. The molecule has 0 atom stereocenters. The predicted octanol–water partition coefficient (Wildman–Crippen LogP) is 1.06. The Kier molecular flexibility index (Phi) is 3.19. The van der Waals surface area contributed by atoms with Gasteiger partial charge >= 0.3 is 0 Å². The Morgan fingerprint density at radius 3 is 2.87 bits per heavy atom. The number of phenolic OH excluding ortho intramolecular Hbond substituents is 1. The molecule has 1 fully saturated rings. The zero-order valence-electron chi connectivity index (χ0n) is 8.47. The molecule has 0 aliphatic carbocycles. The van der Waals surface area contributed by atoms with Crippen LogP contribution < -0.4 is 0 Å². The van der Waals surface area contributed by atoms with Gasteiger partial charge in [0, 0.05) is 0 Å². The van der Waals surface area contributed by atoms with Gasteiger partial charge in [0.15, 0.2) is 0 Å². The van der Waals surface area contributed by atoms with Crippen molar-refractivity contribution < 1.29 is 9.84 Å². The monoisotopic (exact) mass is 206 g/mol. The maximum Gasteiger partial charge on any atom is 0.116 e. The average Bonchev–Trinajstić information content (AvgIpc) is 2.28. The van der Waals surface area contributed by atoms with Crippen molar-refractivity contribution >= 4 is 6.21 Å². The largest absolute Gasteiger partial charge is 0.508 e. The van der Waals surface area contributed by atoms with E-state index in [0.717, 1.165) is 31.9 Å². The van der Waals surface area contributed by atoms with Crippen LogP contribution in [0.1, 0.15) is 5.56 Å². The fraction of sp³-hybridized carbons (Fsp3) is 0.364. The van der Waals surface area contributed by atoms with Gasteiger partial charge in [-0.05, 0) is 17.7 Å². The molecule has 4 heteroatoms. The minimum atomic E-state index is 0.265. The van der Waals surface area contributed by atoms with Crippen molar-refractivity contribution in [3.63, 3.8) is 0 Å². The van der Waals surface area contributed by atoms with Crippen LogP contribution in [-0.4, -0.2) is 42.6 Å². The summed E-state index contributed by atoms with van der Waals surface area (Å²) >= 11 is 0. The maximum atomic E-state index is 9.25. The van der Waals surface area contributed by atoms with Crippen LogP contribution in [0.3, 0.4) is 0 Å². The zero-order chi connectivity index (χ0) is 10.5. The van der Waals surface area contributed by atoms with Crippen LogP contribution in [0, 0.1) is 0 Å². The lowest BCUT2D eigenvalue weighted by Crippen LogP contribution is -2.32. The molecule has 0 saturated carbocycles. The summed E-state index contributed by atoms with van der Waals surface area (Å²) in [4.78, 5) is 0. The number of aromatic hydroxyl groups is 1. The van der Waals surface area contributed by atoms with Gasteiger partial charge in [0.2, 0.25) is 0 Å². The summed E-state index contributed by atoms with van der Waals surface area (Å²) < 4.78 is 5.22. The Morgan fingerprint density at radius 2 is 2.13 bits per heavy atom. The normalized spacial score (nSPS) is 17.2. The van der Waals surface area contributed by atoms with Gasteiger partial charge in [-0.15, -0.1) is 0 Å². The molecule has 0 unspecified atom stereocenters. The lowest BCUT2D eigenvalue weighted by atomic mass is 10.2. The highest BCUT2D eigenvalue weighted by Gasteiger charge is 2.05. The highest BCUT2D eigenvalue weighted by atomic mass is 16.5. The van der Waals surface area contributed by atoms with Gasteiger partial charge in [0.25, 0.3) is 0 Å². The molecule has 1 N–H and O–H groups in total. The van der Waals surface area contributed by atoms with Crippen molar-refractivity contribution in [1.29, 1.82) is 0 Å². The number of phenols is 1. The topological polar surface area (TPSA) is 45.1 Å². The molecule has 1 heterocycles. The molecule has 0 bridgehead atoms. The minimum absolute atomic E-state index is 0.265. The molecule has 1 saturated heterocycles. The summed E-state index contributed by atoms with van der Waals surface area (Å²) in [7, 11) is 0. The Hall–Kier alpha value is -1.55. The average molecular weight is 206 g/mol. The fourth-order valence-electron chi connectivity index (χ4n) is 1.42. The van der Waals surface area contributed by atoms with Crippen LogP contribution >= 0.6 is 0 Å². The quantitative estimate of drug-likeness (QED) is 0.736. The van der Waals surface area contributed by atoms with Crippen molar-refractivity contribution in [3.8, 4) is 5.75 Å². The summed E-state index contributed by atoms with van der Waals surface area (Å²) in [6.45, 7) is 3.12. The molecule has 0 aromatic heterocycles. The van der Waals surface area contributed by atoms with E-state index >= 15 is 0 Å². The van der Waals surface area contributed by atoms with Crippen LogP contribution in [0.15, 0.2) is 29.4 Å². The molecule has 1 aliphatic heterocycles. The second-order valence-corrected chi connectivity index (χ2v) is 3.41. The lowest BCUT2D eigenvalue weighted by molar-refractivity contribution is 0.0397. The lowest BCUT2D eigenvalue weighted by Gasteiger charge is -2.23. The van der Waals surface area contributed by atoms with Gasteiger partial charge in [-0.1, -0.05) is 12.1 Å². The number of hydrazone groups is 1. The third-order valence-corrected chi connectivity index (χ3v) is 2.23. The minimum Gasteiger partial charge on any atom is -0.508 e. The molecule has 1 aromatic rings. The molecule has 80 valence electrons. The molecule has 0 spiro atoms. The first-order valence-corrected chi connectivity index (χ1v) is 5.00. The van der Waals surface area contributed by atoms with Crippen LogP contribution in [0.4, 0.5) is 0 Å². The standard InChI is InChI=1S/C11H14N2O2/c14-11-3-1-2-10(8-11)9-12-13-4-6-15-7-5-13/h1-3,8-9,14H,4-7H2. The Morgan fingerprint density at radius 1 is 1.33 bits per heavy atom. The van der Waals surface area contributed by atoms with E-state index in [0.29, 0.717) is 0 Å². The van der Waals surface area contributed by atoms with Crippen molar-refractivity contribution in [2.75, 3.05) is 26.3 Å². The Balaban J connectivity index is 1.97. The van der Waals surface area contributed by atoms with Crippen LogP contribution in [0.5, 0.6) is 5.75 Å². The van der Waals surface area contributed by atoms with Crippen LogP contribution in [0.25, 0.3) is 0 Å². The summed E-state index contributed by atoms with van der Waals surface area (Å²) in [6.07, 6.45) is 1.76. The molecular formula is C11H14N2O2. The van der Waals surface area contributed by atoms with Gasteiger partial charge in [0.05, 0.1) is 32.5 Å². The number of rotatable bonds is 2. The predicted molar refractivity (Wildman–Crippen MR) is 58.1 cm³/mol. The highest BCUT2D eigenvalue weighted by molar-refractivity contribution is 5.79. The summed E-state index contributed by atoms with van der Waals surface area (Å²) in [6, 6.07) is 7.04. The van der Waals surface area contributed by atoms with E-state index in [2.05, 4.69) is 5.10 Å². The van der Waals surface area contributed by atoms with E-state index < -0.39 is 0 Å². The molecule has 1 aromatic carbocycles. The van der Waals surface area contributed by atoms with Crippen LogP contribution in [0.2, 0.25) is 0 Å². The number of hydrogen-bond donors (Lipinski definition) is 1. The van der Waals surface area contributed by atoms with E-state index in [1.54, 1.807) is 24.4 Å². The SMILES string of the molecule is Oc1cccc(C=NN2CCOCC2)c1. The van der Waals surface area contributed by atoms with Gasteiger partial charge in [0.1, 0.15) is 5.75 Å². The zero-order valence-corrected chi connectivity index (χ0v) is 8.47. The number of benzene rings is 1. The van der Waals surface area contributed by atoms with E-state index in [4.69, 9.17) is 4.74 Å². The Bertz CT molecular complexity index is 346. The fourth-order valence-corrected chi connectivity index (χ4v) is 1.42. The number of ether oxygens (including phenoxy) is 1. The summed E-state index contributed by atoms with van der Waals surface area (Å²) in [5.41, 5.74) is 0.904. The first kappa shape index (κ1) is 9.98. The molecule has 1 aliphatic rings. The number of nitrogens with zero attached hydrogens (tertiary/aromatic N) is 2. The smallest absolute Gasteiger partial charge is 0.116 e. The number of morpholine rings is 1. The molecular weight excluding hydrogens is 192 g/mol. The van der Waals surface area contributed by atoms with Gasteiger partial charge in [-0.3, -0.25) is 5.01 Å². The molecule has 15 heavy (non-hydrogen) atoms. The second kappa shape index (κ2) is 4.79. The van der Waals surface area contributed by atoms with E-state index in [-0.39, 0.29) is 5.75 Å². The Labute approximate surface area is 88.8 Å². The van der Waals surface area contributed by atoms with Crippen molar-refractivity contribution in [1.82, 2.24) is 5.01 Å². The van der Waals surface area contributed by atoms with E-state index in [9.17, 15) is 5.11 Å². The van der Waals surface area contributed by atoms with Gasteiger partial charge < -0.3 is 9.84 Å². The van der Waals surface area contributed by atoms with Crippen LogP contribution in [-0.2, 0) is 4.74 Å². The van der Waals surface area contributed by atoms with Gasteiger partial charge in [-0.2, -0.15) is 5.10 Å². The third-order valence-electron chi connectivity index (χ3n) is 2.23. The molecule has 2 rings (SSSR count). The maximum absolute atomic E-state index is 9.25. The molecule has 4 nitrogen and oxygen atoms in total. The molecule has 0 radical (unpaired) electrons. The third kappa shape index (κ3) is 2.95. The van der Waals surface area contributed by atoms with E-state index in [1.807, 2.05) is 11.1 Å². The van der Waals surface area contributed by atoms with E-state index in [1.165, 1.54) is 0 Å². The highest BCUT2D eigenvalue weighted by Crippen LogP contribution is 2.09. The second-order valence-electron chi connectivity index (χ2n) is 3.41. The van der Waals surface area contributed by atoms with Crippen molar-refractivity contribution in [2.24, 2.45) is 5.10 Å². The summed E-state index contributed by atoms with van der Waals surface area (Å²) in [5, 5.41) is 15.5. The first-order chi connectivity index (χ1) is 7.34. The first-order valence-electron chi connectivity index (χ1n) is 5.00. The summed E-state index contributed by atoms with van der Waals surface area (Å²) in [5.74, 6) is 0.265. The molecule has 0 amide bonds. The van der Waals surface area contributed by atoms with Crippen molar-refractivity contribution in [2.45, 2.75) is 0 Å². The van der Waals surface area contributed by atoms with Gasteiger partial charge in [-0.25, -0.2) is 0 Å².